The molecule has 2 aromatic carbocycles. The van der Waals surface area contributed by atoms with Crippen molar-refractivity contribution < 1.29 is 32.2 Å². The van der Waals surface area contributed by atoms with Gasteiger partial charge in [-0.25, -0.2) is 0 Å². The highest BCUT2D eigenvalue weighted by molar-refractivity contribution is 5.78. The molecule has 1 saturated heterocycles. The van der Waals surface area contributed by atoms with Crippen LogP contribution in [0.1, 0.15) is 18.4 Å². The number of ether oxygens (including phenoxy) is 3. The zero-order chi connectivity index (χ0) is 20.9. The van der Waals surface area contributed by atoms with Crippen LogP contribution in [-0.2, 0) is 15.7 Å². The van der Waals surface area contributed by atoms with Crippen molar-refractivity contribution in [3.05, 3.63) is 48.0 Å². The molecule has 5 nitrogen and oxygen atoms in total. The largest absolute Gasteiger partial charge is 0.496 e. The van der Waals surface area contributed by atoms with Gasteiger partial charge in [0.1, 0.15) is 11.5 Å². The molecule has 0 bridgehead atoms. The molecule has 1 N–H and O–H groups in total. The van der Waals surface area contributed by atoms with Gasteiger partial charge >= 0.3 is 6.18 Å². The summed E-state index contributed by atoms with van der Waals surface area (Å²) >= 11 is 0. The van der Waals surface area contributed by atoms with Crippen LogP contribution in [0, 0.1) is 0 Å². The first-order chi connectivity index (χ1) is 13.9. The smallest absolute Gasteiger partial charge is 0.416 e. The summed E-state index contributed by atoms with van der Waals surface area (Å²) in [6.07, 6.45) is -2.76. The lowest BCUT2D eigenvalue weighted by atomic mass is 10.0. The monoisotopic (exact) mass is 409 g/mol. The summed E-state index contributed by atoms with van der Waals surface area (Å²) in [5.74, 6) is -0.0307. The maximum atomic E-state index is 13.4. The van der Waals surface area contributed by atoms with Crippen LogP contribution >= 0.6 is 0 Å². The highest BCUT2D eigenvalue weighted by Crippen LogP contribution is 2.38. The molecule has 1 fully saturated rings. The predicted octanol–water partition coefficient (Wildman–Crippen LogP) is 4.06. The fourth-order valence-electron chi connectivity index (χ4n) is 3.12. The number of rotatable bonds is 7. The molecule has 29 heavy (non-hydrogen) atoms. The lowest BCUT2D eigenvalue weighted by molar-refractivity contribution is -0.137. The highest BCUT2D eigenvalue weighted by Gasteiger charge is 2.32. The van der Waals surface area contributed by atoms with E-state index in [-0.39, 0.29) is 24.0 Å². The number of methoxy groups -OCH3 is 1. The normalized spacial score (nSPS) is 16.5. The van der Waals surface area contributed by atoms with Crippen LogP contribution in [0.5, 0.6) is 11.5 Å². The highest BCUT2D eigenvalue weighted by atomic mass is 19.4. The third kappa shape index (κ3) is 5.63. The Balaban J connectivity index is 1.76. The number of amides is 1. The summed E-state index contributed by atoms with van der Waals surface area (Å²) in [6, 6.07) is 10.1. The van der Waals surface area contributed by atoms with Gasteiger partial charge in [0, 0.05) is 18.7 Å². The van der Waals surface area contributed by atoms with E-state index in [2.05, 4.69) is 5.32 Å². The summed E-state index contributed by atoms with van der Waals surface area (Å²) in [5, 5.41) is 2.67. The Kier molecular flexibility index (Phi) is 6.64. The van der Waals surface area contributed by atoms with E-state index in [0.717, 1.165) is 25.0 Å². The fourth-order valence-corrected chi connectivity index (χ4v) is 3.12. The SMILES string of the molecule is COc1ccccc1-c1cc(OCC(=O)NCC2CCCO2)cc(C(F)(F)F)c1. The molecule has 3 rings (SSSR count). The molecule has 1 aliphatic rings. The first-order valence-electron chi connectivity index (χ1n) is 9.23. The molecule has 1 unspecified atom stereocenters. The van der Waals surface area contributed by atoms with E-state index in [1.807, 2.05) is 0 Å². The van der Waals surface area contributed by atoms with Crippen LogP contribution in [0.15, 0.2) is 42.5 Å². The molecule has 8 heteroatoms. The van der Waals surface area contributed by atoms with Gasteiger partial charge in [-0.05, 0) is 42.7 Å². The molecule has 1 aliphatic heterocycles. The first kappa shape index (κ1) is 21.0. The van der Waals surface area contributed by atoms with Gasteiger partial charge < -0.3 is 19.5 Å². The molecule has 2 aromatic rings. The van der Waals surface area contributed by atoms with Crippen LogP contribution in [0.4, 0.5) is 13.2 Å². The third-order valence-corrected chi connectivity index (χ3v) is 4.57. The van der Waals surface area contributed by atoms with E-state index in [9.17, 15) is 18.0 Å². The Morgan fingerprint density at radius 3 is 2.72 bits per heavy atom. The zero-order valence-electron chi connectivity index (χ0n) is 15.9. The van der Waals surface area contributed by atoms with E-state index in [4.69, 9.17) is 14.2 Å². The number of carbonyl (C=O) groups excluding carboxylic acids is 1. The quantitative estimate of drug-likeness (QED) is 0.750. The number of para-hydroxylation sites is 1. The van der Waals surface area contributed by atoms with E-state index >= 15 is 0 Å². The maximum absolute atomic E-state index is 13.4. The Morgan fingerprint density at radius 1 is 1.24 bits per heavy atom. The van der Waals surface area contributed by atoms with Gasteiger partial charge in [0.25, 0.3) is 5.91 Å². The molecule has 0 saturated carbocycles. The third-order valence-electron chi connectivity index (χ3n) is 4.57. The van der Waals surface area contributed by atoms with Crippen molar-refractivity contribution in [3.63, 3.8) is 0 Å². The lowest BCUT2D eigenvalue weighted by Gasteiger charge is -2.15. The number of benzene rings is 2. The number of alkyl halides is 3. The maximum Gasteiger partial charge on any atom is 0.416 e. The predicted molar refractivity (Wildman–Crippen MR) is 101 cm³/mol. The minimum atomic E-state index is -4.56. The van der Waals surface area contributed by atoms with Gasteiger partial charge in [0.05, 0.1) is 18.8 Å². The number of hydrogen-bond donors (Lipinski definition) is 1. The van der Waals surface area contributed by atoms with Crippen molar-refractivity contribution in [1.82, 2.24) is 5.32 Å². The molecule has 1 amide bonds. The van der Waals surface area contributed by atoms with E-state index < -0.39 is 17.6 Å². The van der Waals surface area contributed by atoms with Crippen LogP contribution in [0.25, 0.3) is 11.1 Å². The summed E-state index contributed by atoms with van der Waals surface area (Å²) in [4.78, 5) is 12.0. The molecule has 0 aromatic heterocycles. The molecule has 0 radical (unpaired) electrons. The first-order valence-corrected chi connectivity index (χ1v) is 9.23. The Bertz CT molecular complexity index is 848. The average Bonchev–Trinajstić information content (AvgIpc) is 3.23. The Labute approximate surface area is 166 Å². The molecule has 0 spiro atoms. The van der Waals surface area contributed by atoms with Crippen molar-refractivity contribution >= 4 is 5.91 Å². The number of nitrogens with one attached hydrogen (secondary N) is 1. The lowest BCUT2D eigenvalue weighted by Crippen LogP contribution is -2.35. The van der Waals surface area contributed by atoms with Gasteiger partial charge in [-0.1, -0.05) is 18.2 Å². The Hall–Kier alpha value is -2.74. The second kappa shape index (κ2) is 9.17. The zero-order valence-corrected chi connectivity index (χ0v) is 15.9. The average molecular weight is 409 g/mol. The summed E-state index contributed by atoms with van der Waals surface area (Å²) in [6.45, 7) is 0.643. The van der Waals surface area contributed by atoms with Crippen molar-refractivity contribution in [2.75, 3.05) is 26.9 Å². The summed E-state index contributed by atoms with van der Waals surface area (Å²) in [5.41, 5.74) is -0.0866. The molecule has 0 aliphatic carbocycles. The molecular formula is C21H22F3NO4. The summed E-state index contributed by atoms with van der Waals surface area (Å²) < 4.78 is 56.1. The minimum Gasteiger partial charge on any atom is -0.496 e. The molecule has 156 valence electrons. The van der Waals surface area contributed by atoms with Gasteiger partial charge in [-0.2, -0.15) is 13.2 Å². The van der Waals surface area contributed by atoms with Crippen molar-refractivity contribution in [1.29, 1.82) is 0 Å². The van der Waals surface area contributed by atoms with Crippen LogP contribution in [0.2, 0.25) is 0 Å². The van der Waals surface area contributed by atoms with Gasteiger partial charge in [-0.15, -0.1) is 0 Å². The van der Waals surface area contributed by atoms with E-state index in [1.54, 1.807) is 24.3 Å². The summed E-state index contributed by atoms with van der Waals surface area (Å²) in [7, 11) is 1.45. The van der Waals surface area contributed by atoms with Crippen molar-refractivity contribution in [2.45, 2.75) is 25.1 Å². The fraction of sp³-hybridized carbons (Fsp3) is 0.381. The van der Waals surface area contributed by atoms with Gasteiger partial charge in [-0.3, -0.25) is 4.79 Å². The van der Waals surface area contributed by atoms with E-state index in [0.29, 0.717) is 24.5 Å². The van der Waals surface area contributed by atoms with Gasteiger partial charge in [0.2, 0.25) is 0 Å². The van der Waals surface area contributed by atoms with E-state index in [1.165, 1.54) is 13.2 Å². The number of hydrogen-bond acceptors (Lipinski definition) is 4. The molecular weight excluding hydrogens is 387 g/mol. The molecule has 1 atom stereocenters. The number of halogens is 3. The topological polar surface area (TPSA) is 56.8 Å². The van der Waals surface area contributed by atoms with Crippen LogP contribution in [-0.4, -0.2) is 38.9 Å². The standard InChI is InChI=1S/C21H22F3NO4/c1-27-19-7-3-2-6-18(19)14-9-15(21(22,23)24)11-17(10-14)29-13-20(26)25-12-16-5-4-8-28-16/h2-3,6-7,9-11,16H,4-5,8,12-13H2,1H3,(H,25,26). The van der Waals surface area contributed by atoms with Gasteiger partial charge in [0.15, 0.2) is 6.61 Å². The van der Waals surface area contributed by atoms with Crippen LogP contribution < -0.4 is 14.8 Å². The van der Waals surface area contributed by atoms with Crippen molar-refractivity contribution in [3.8, 4) is 22.6 Å². The van der Waals surface area contributed by atoms with Crippen LogP contribution in [0.3, 0.4) is 0 Å². The second-order valence-electron chi connectivity index (χ2n) is 6.67. The minimum absolute atomic E-state index is 0.0235. The van der Waals surface area contributed by atoms with Crippen molar-refractivity contribution in [2.24, 2.45) is 0 Å². The number of carbonyl (C=O) groups is 1. The Morgan fingerprint density at radius 2 is 2.03 bits per heavy atom. The molecule has 1 heterocycles. The second-order valence-corrected chi connectivity index (χ2v) is 6.67.